The molecule has 0 atom stereocenters. The highest BCUT2D eigenvalue weighted by atomic mass is 16.5. The van der Waals surface area contributed by atoms with E-state index in [2.05, 4.69) is 53.5 Å². The van der Waals surface area contributed by atoms with Crippen molar-refractivity contribution in [1.82, 2.24) is 4.90 Å². The molecule has 0 N–H and O–H groups in total. The molecule has 2 heteroatoms. The van der Waals surface area contributed by atoms with Crippen molar-refractivity contribution in [3.8, 4) is 0 Å². The van der Waals surface area contributed by atoms with Crippen LogP contribution in [0.5, 0.6) is 0 Å². The molecular formula is C14H29NO. The molecule has 0 saturated carbocycles. The lowest BCUT2D eigenvalue weighted by molar-refractivity contribution is -0.0906. The van der Waals surface area contributed by atoms with Gasteiger partial charge in [-0.2, -0.15) is 0 Å². The molecule has 0 aliphatic carbocycles. The Kier molecular flexibility index (Phi) is 3.76. The number of hydrogen-bond acceptors (Lipinski definition) is 2. The van der Waals surface area contributed by atoms with Crippen LogP contribution in [0, 0.1) is 16.2 Å². The fourth-order valence-corrected chi connectivity index (χ4v) is 3.08. The topological polar surface area (TPSA) is 12.5 Å². The number of likely N-dealkylation sites (N-methyl/N-ethyl adjacent to an activating group) is 1. The predicted octanol–water partition coefficient (Wildman–Crippen LogP) is 3.03. The van der Waals surface area contributed by atoms with Crippen LogP contribution < -0.4 is 0 Å². The first kappa shape index (κ1) is 14.0. The van der Waals surface area contributed by atoms with Crippen LogP contribution in [-0.2, 0) is 4.74 Å². The molecule has 0 aromatic heterocycles. The highest BCUT2D eigenvalue weighted by molar-refractivity contribution is 5.01. The summed E-state index contributed by atoms with van der Waals surface area (Å²) in [5.41, 5.74) is 0.721. The highest BCUT2D eigenvalue weighted by Gasteiger charge is 2.51. The molecular weight excluding hydrogens is 198 g/mol. The average molecular weight is 227 g/mol. The van der Waals surface area contributed by atoms with Crippen LogP contribution in [0.25, 0.3) is 0 Å². The molecule has 0 aromatic carbocycles. The molecule has 1 fully saturated rings. The molecule has 1 saturated heterocycles. The molecule has 0 spiro atoms. The molecule has 2 nitrogen and oxygen atoms in total. The maximum atomic E-state index is 5.89. The van der Waals surface area contributed by atoms with Gasteiger partial charge >= 0.3 is 0 Å². The summed E-state index contributed by atoms with van der Waals surface area (Å²) >= 11 is 0. The summed E-state index contributed by atoms with van der Waals surface area (Å²) < 4.78 is 5.89. The van der Waals surface area contributed by atoms with Gasteiger partial charge in [0.05, 0.1) is 13.2 Å². The Bertz CT molecular complexity index is 220. The zero-order chi connectivity index (χ0) is 12.6. The number of rotatable bonds is 0. The first-order chi connectivity index (χ1) is 7.10. The van der Waals surface area contributed by atoms with Gasteiger partial charge in [0, 0.05) is 18.5 Å². The third-order valence-electron chi connectivity index (χ3n) is 4.38. The predicted molar refractivity (Wildman–Crippen MR) is 69.7 cm³/mol. The third kappa shape index (κ3) is 2.43. The Morgan fingerprint density at radius 2 is 1.50 bits per heavy atom. The summed E-state index contributed by atoms with van der Waals surface area (Å²) in [6, 6.07) is 0. The summed E-state index contributed by atoms with van der Waals surface area (Å²) in [6.45, 7) is 18.0. The molecule has 0 amide bonds. The van der Waals surface area contributed by atoms with Crippen molar-refractivity contribution in [2.75, 3.05) is 33.4 Å². The van der Waals surface area contributed by atoms with E-state index >= 15 is 0 Å². The molecule has 1 heterocycles. The number of nitrogens with zero attached hydrogens (tertiary/aromatic N) is 1. The van der Waals surface area contributed by atoms with Gasteiger partial charge in [0.2, 0.25) is 0 Å². The lowest BCUT2D eigenvalue weighted by Gasteiger charge is -2.54. The van der Waals surface area contributed by atoms with Crippen LogP contribution in [-0.4, -0.2) is 38.3 Å². The monoisotopic (exact) mass is 227 g/mol. The fourth-order valence-electron chi connectivity index (χ4n) is 3.08. The van der Waals surface area contributed by atoms with E-state index in [0.29, 0.717) is 0 Å². The minimum Gasteiger partial charge on any atom is -0.379 e. The van der Waals surface area contributed by atoms with E-state index in [9.17, 15) is 0 Å². The maximum absolute atomic E-state index is 5.89. The van der Waals surface area contributed by atoms with Gasteiger partial charge in [0.15, 0.2) is 0 Å². The quantitative estimate of drug-likeness (QED) is 0.631. The van der Waals surface area contributed by atoms with Crippen LogP contribution in [0.4, 0.5) is 0 Å². The van der Waals surface area contributed by atoms with E-state index in [-0.39, 0.29) is 16.2 Å². The lowest BCUT2D eigenvalue weighted by atomic mass is 9.54. The Morgan fingerprint density at radius 3 is 1.94 bits per heavy atom. The summed E-state index contributed by atoms with van der Waals surface area (Å²) in [6.07, 6.45) is 0. The maximum Gasteiger partial charge on any atom is 0.0593 e. The second-order valence-corrected chi connectivity index (χ2v) is 7.37. The van der Waals surface area contributed by atoms with Crippen molar-refractivity contribution in [2.45, 2.75) is 41.5 Å². The molecule has 0 bridgehead atoms. The van der Waals surface area contributed by atoms with E-state index in [1.807, 2.05) is 0 Å². The Morgan fingerprint density at radius 1 is 1.00 bits per heavy atom. The van der Waals surface area contributed by atoms with Gasteiger partial charge in [0.1, 0.15) is 0 Å². The molecule has 1 rings (SSSR count). The Balaban J connectivity index is 3.12. The van der Waals surface area contributed by atoms with Crippen molar-refractivity contribution in [1.29, 1.82) is 0 Å². The highest BCUT2D eigenvalue weighted by Crippen LogP contribution is 2.52. The van der Waals surface area contributed by atoms with E-state index < -0.39 is 0 Å². The van der Waals surface area contributed by atoms with Crippen molar-refractivity contribution in [3.63, 3.8) is 0 Å². The van der Waals surface area contributed by atoms with Crippen molar-refractivity contribution in [2.24, 2.45) is 16.2 Å². The van der Waals surface area contributed by atoms with Crippen LogP contribution >= 0.6 is 0 Å². The lowest BCUT2D eigenvalue weighted by Crippen LogP contribution is -2.54. The van der Waals surface area contributed by atoms with Crippen LogP contribution in [0.15, 0.2) is 0 Å². The van der Waals surface area contributed by atoms with Crippen LogP contribution in [0.3, 0.4) is 0 Å². The minimum atomic E-state index is 0.214. The van der Waals surface area contributed by atoms with Crippen molar-refractivity contribution in [3.05, 3.63) is 0 Å². The minimum absolute atomic E-state index is 0.214. The molecule has 0 unspecified atom stereocenters. The Hall–Kier alpha value is -0.0800. The van der Waals surface area contributed by atoms with E-state index in [1.54, 1.807) is 0 Å². The van der Waals surface area contributed by atoms with Gasteiger partial charge in [0.25, 0.3) is 0 Å². The zero-order valence-electron chi connectivity index (χ0n) is 12.2. The molecule has 96 valence electrons. The van der Waals surface area contributed by atoms with Crippen molar-refractivity contribution < 1.29 is 4.74 Å². The van der Waals surface area contributed by atoms with Gasteiger partial charge < -0.3 is 9.64 Å². The second-order valence-electron chi connectivity index (χ2n) is 7.37. The van der Waals surface area contributed by atoms with Gasteiger partial charge in [-0.3, -0.25) is 0 Å². The van der Waals surface area contributed by atoms with E-state index in [0.717, 1.165) is 26.3 Å². The third-order valence-corrected chi connectivity index (χ3v) is 4.38. The van der Waals surface area contributed by atoms with Gasteiger partial charge in [-0.05, 0) is 17.9 Å². The normalized spacial score (nSPS) is 24.2. The van der Waals surface area contributed by atoms with Crippen molar-refractivity contribution >= 4 is 0 Å². The first-order valence-corrected chi connectivity index (χ1v) is 6.36. The second kappa shape index (κ2) is 4.30. The van der Waals surface area contributed by atoms with Gasteiger partial charge in [-0.25, -0.2) is 0 Å². The Labute approximate surface area is 101 Å². The molecule has 16 heavy (non-hydrogen) atoms. The summed E-state index contributed by atoms with van der Waals surface area (Å²) in [5, 5.41) is 0. The van der Waals surface area contributed by atoms with E-state index in [1.165, 1.54) is 0 Å². The number of ether oxygens (including phenoxy) is 1. The number of hydrogen-bond donors (Lipinski definition) is 0. The average Bonchev–Trinajstić information content (AvgIpc) is 2.24. The summed E-state index contributed by atoms with van der Waals surface area (Å²) in [5.74, 6) is 0. The fraction of sp³-hybridized carbons (Fsp3) is 1.00. The first-order valence-electron chi connectivity index (χ1n) is 6.36. The molecule has 0 radical (unpaired) electrons. The van der Waals surface area contributed by atoms with Gasteiger partial charge in [-0.15, -0.1) is 0 Å². The smallest absolute Gasteiger partial charge is 0.0593 e. The van der Waals surface area contributed by atoms with Crippen LogP contribution in [0.2, 0.25) is 0 Å². The standard InChI is InChI=1S/C14H29NO/c1-12(2,3)14(13(4,5)6)10-15(7)8-9-16-11-14/h8-11H2,1-7H3. The SMILES string of the molecule is CN1CCOCC(C(C)(C)C)(C(C)(C)C)C1. The van der Waals surface area contributed by atoms with E-state index in [4.69, 9.17) is 4.74 Å². The molecule has 0 aromatic rings. The van der Waals surface area contributed by atoms with Gasteiger partial charge in [-0.1, -0.05) is 41.5 Å². The van der Waals surface area contributed by atoms with Crippen LogP contribution in [0.1, 0.15) is 41.5 Å². The summed E-state index contributed by atoms with van der Waals surface area (Å²) in [7, 11) is 2.21. The molecule has 1 aliphatic heterocycles. The zero-order valence-corrected chi connectivity index (χ0v) is 12.2. The summed E-state index contributed by atoms with van der Waals surface area (Å²) in [4.78, 5) is 2.42. The molecule has 1 aliphatic rings. The largest absolute Gasteiger partial charge is 0.379 e.